The summed E-state index contributed by atoms with van der Waals surface area (Å²) >= 11 is 0. The lowest BCUT2D eigenvalue weighted by molar-refractivity contribution is 0.260. The number of nitrogens with zero attached hydrogens (tertiary/aromatic N) is 5. The van der Waals surface area contributed by atoms with E-state index in [-0.39, 0.29) is 5.75 Å². The van der Waals surface area contributed by atoms with Crippen molar-refractivity contribution >= 4 is 5.95 Å². The van der Waals surface area contributed by atoms with Crippen molar-refractivity contribution in [3.05, 3.63) is 23.3 Å². The molecule has 0 aliphatic carbocycles. The zero-order valence-corrected chi connectivity index (χ0v) is 13.7. The quantitative estimate of drug-likeness (QED) is 0.892. The van der Waals surface area contributed by atoms with Gasteiger partial charge in [0, 0.05) is 12.6 Å². The van der Waals surface area contributed by atoms with E-state index in [4.69, 9.17) is 0 Å². The fourth-order valence-corrected chi connectivity index (χ4v) is 3.09. The Morgan fingerprint density at radius 1 is 1.17 bits per heavy atom. The molecule has 0 radical (unpaired) electrons. The fraction of sp³-hybridized carbons (Fsp3) is 0.500. The molecular weight excluding hydrogens is 292 g/mol. The SMILES string of the molecule is Cc1cc(C)c(-c2nnc(NC3CCCN(C)C3)nn2)c(O)c1. The molecule has 2 heterocycles. The zero-order valence-electron chi connectivity index (χ0n) is 13.7. The molecule has 1 aromatic heterocycles. The van der Waals surface area contributed by atoms with Gasteiger partial charge in [-0.15, -0.1) is 20.4 Å². The molecule has 1 fully saturated rings. The summed E-state index contributed by atoms with van der Waals surface area (Å²) in [6.45, 7) is 5.93. The van der Waals surface area contributed by atoms with Crippen molar-refractivity contribution in [3.8, 4) is 17.1 Å². The zero-order chi connectivity index (χ0) is 16.4. The number of hydrogen-bond acceptors (Lipinski definition) is 7. The molecule has 0 bridgehead atoms. The average molecular weight is 314 g/mol. The number of benzene rings is 1. The maximum atomic E-state index is 10.1. The number of anilines is 1. The predicted octanol–water partition coefficient (Wildman–Crippen LogP) is 1.76. The van der Waals surface area contributed by atoms with Crippen molar-refractivity contribution < 1.29 is 5.11 Å². The highest BCUT2D eigenvalue weighted by molar-refractivity contribution is 5.68. The Hall–Kier alpha value is -2.28. The molecular formula is C16H22N6O. The highest BCUT2D eigenvalue weighted by Gasteiger charge is 2.19. The van der Waals surface area contributed by atoms with Crippen LogP contribution < -0.4 is 5.32 Å². The van der Waals surface area contributed by atoms with Gasteiger partial charge in [0.1, 0.15) is 5.75 Å². The molecule has 1 aliphatic heterocycles. The van der Waals surface area contributed by atoms with Gasteiger partial charge in [0.2, 0.25) is 5.82 Å². The van der Waals surface area contributed by atoms with Crippen LogP contribution in [0, 0.1) is 13.8 Å². The van der Waals surface area contributed by atoms with Gasteiger partial charge in [-0.3, -0.25) is 0 Å². The topological polar surface area (TPSA) is 87.1 Å². The Labute approximate surface area is 135 Å². The van der Waals surface area contributed by atoms with E-state index in [1.807, 2.05) is 19.9 Å². The summed E-state index contributed by atoms with van der Waals surface area (Å²) in [5.41, 5.74) is 2.48. The minimum absolute atomic E-state index is 0.153. The van der Waals surface area contributed by atoms with Gasteiger partial charge < -0.3 is 15.3 Å². The van der Waals surface area contributed by atoms with Crippen LogP contribution in [0.4, 0.5) is 5.95 Å². The molecule has 1 atom stereocenters. The first-order valence-electron chi connectivity index (χ1n) is 7.86. The number of aryl methyl sites for hydroxylation is 2. The van der Waals surface area contributed by atoms with Crippen LogP contribution in [0.1, 0.15) is 24.0 Å². The first-order chi connectivity index (χ1) is 11.0. The van der Waals surface area contributed by atoms with E-state index in [0.29, 0.717) is 23.4 Å². The number of likely N-dealkylation sites (N-methyl/N-ethyl adjacent to an activating group) is 1. The highest BCUT2D eigenvalue weighted by Crippen LogP contribution is 2.30. The molecule has 1 aliphatic rings. The van der Waals surface area contributed by atoms with Gasteiger partial charge >= 0.3 is 0 Å². The third-order valence-corrected chi connectivity index (χ3v) is 4.12. The molecule has 1 aromatic carbocycles. The van der Waals surface area contributed by atoms with Crippen molar-refractivity contribution in [1.82, 2.24) is 25.3 Å². The standard InChI is InChI=1S/C16H22N6O/c1-10-7-11(2)14(13(23)8-10)15-18-20-16(21-19-15)17-12-5-4-6-22(3)9-12/h7-8,12,23H,4-6,9H2,1-3H3,(H,17,20,21). The van der Waals surface area contributed by atoms with E-state index in [2.05, 4.69) is 37.7 Å². The number of likely N-dealkylation sites (tertiary alicyclic amines) is 1. The van der Waals surface area contributed by atoms with Gasteiger partial charge in [0.25, 0.3) is 5.95 Å². The van der Waals surface area contributed by atoms with Crippen molar-refractivity contribution in [3.63, 3.8) is 0 Å². The van der Waals surface area contributed by atoms with Crippen LogP contribution in [0.3, 0.4) is 0 Å². The Morgan fingerprint density at radius 2 is 1.91 bits per heavy atom. The smallest absolute Gasteiger partial charge is 0.262 e. The maximum absolute atomic E-state index is 10.1. The molecule has 1 saturated heterocycles. The number of hydrogen-bond donors (Lipinski definition) is 2. The number of piperidine rings is 1. The van der Waals surface area contributed by atoms with Gasteiger partial charge in [-0.25, -0.2) is 0 Å². The van der Waals surface area contributed by atoms with E-state index in [1.165, 1.54) is 0 Å². The van der Waals surface area contributed by atoms with E-state index < -0.39 is 0 Å². The lowest BCUT2D eigenvalue weighted by atomic mass is 10.0. The van der Waals surface area contributed by atoms with E-state index >= 15 is 0 Å². The average Bonchev–Trinajstić information content (AvgIpc) is 2.48. The largest absolute Gasteiger partial charge is 0.507 e. The molecule has 2 N–H and O–H groups in total. The van der Waals surface area contributed by atoms with E-state index in [0.717, 1.165) is 37.1 Å². The number of rotatable bonds is 3. The van der Waals surface area contributed by atoms with Crippen LogP contribution >= 0.6 is 0 Å². The van der Waals surface area contributed by atoms with Crippen LogP contribution in [0.2, 0.25) is 0 Å². The number of aromatic nitrogens is 4. The summed E-state index contributed by atoms with van der Waals surface area (Å²) in [5, 5.41) is 29.9. The summed E-state index contributed by atoms with van der Waals surface area (Å²) in [6, 6.07) is 3.98. The first kappa shape index (κ1) is 15.6. The monoisotopic (exact) mass is 314 g/mol. The second-order valence-corrected chi connectivity index (χ2v) is 6.27. The van der Waals surface area contributed by atoms with Crippen LogP contribution in [0.5, 0.6) is 5.75 Å². The third-order valence-electron chi connectivity index (χ3n) is 4.12. The molecule has 122 valence electrons. The molecule has 7 heteroatoms. The van der Waals surface area contributed by atoms with Gasteiger partial charge in [-0.1, -0.05) is 6.07 Å². The van der Waals surface area contributed by atoms with Crippen molar-refractivity contribution in [2.45, 2.75) is 32.7 Å². The van der Waals surface area contributed by atoms with Crippen molar-refractivity contribution in [1.29, 1.82) is 0 Å². The van der Waals surface area contributed by atoms with Crippen molar-refractivity contribution in [2.24, 2.45) is 0 Å². The molecule has 7 nitrogen and oxygen atoms in total. The lowest BCUT2D eigenvalue weighted by Crippen LogP contribution is -2.40. The van der Waals surface area contributed by atoms with Gasteiger partial charge in [0.15, 0.2) is 0 Å². The van der Waals surface area contributed by atoms with Gasteiger partial charge in [-0.05, 0) is 57.5 Å². The molecule has 23 heavy (non-hydrogen) atoms. The lowest BCUT2D eigenvalue weighted by Gasteiger charge is -2.29. The summed E-state index contributed by atoms with van der Waals surface area (Å²) < 4.78 is 0. The maximum Gasteiger partial charge on any atom is 0.262 e. The fourth-order valence-electron chi connectivity index (χ4n) is 3.09. The number of phenols is 1. The summed E-state index contributed by atoms with van der Waals surface area (Å²) in [5.74, 6) is 0.922. The number of aromatic hydroxyl groups is 1. The molecule has 3 rings (SSSR count). The minimum atomic E-state index is 0.153. The second kappa shape index (κ2) is 6.45. The predicted molar refractivity (Wildman–Crippen MR) is 88.3 cm³/mol. The first-order valence-corrected chi connectivity index (χ1v) is 7.86. The van der Waals surface area contributed by atoms with Crippen LogP contribution in [-0.2, 0) is 0 Å². The molecule has 2 aromatic rings. The van der Waals surface area contributed by atoms with E-state index in [9.17, 15) is 5.11 Å². The van der Waals surface area contributed by atoms with E-state index in [1.54, 1.807) is 6.07 Å². The summed E-state index contributed by atoms with van der Waals surface area (Å²) in [7, 11) is 2.11. The molecule has 1 unspecified atom stereocenters. The normalized spacial score (nSPS) is 18.8. The van der Waals surface area contributed by atoms with Gasteiger partial charge in [0.05, 0.1) is 5.56 Å². The molecule has 0 saturated carbocycles. The second-order valence-electron chi connectivity index (χ2n) is 6.27. The Bertz CT molecular complexity index is 664. The minimum Gasteiger partial charge on any atom is -0.507 e. The summed E-state index contributed by atoms with van der Waals surface area (Å²) in [4.78, 5) is 2.28. The molecule has 0 spiro atoms. The number of nitrogens with one attached hydrogen (secondary N) is 1. The third kappa shape index (κ3) is 3.56. The highest BCUT2D eigenvalue weighted by atomic mass is 16.3. The Balaban J connectivity index is 1.77. The Kier molecular flexibility index (Phi) is 4.38. The van der Waals surface area contributed by atoms with Gasteiger partial charge in [-0.2, -0.15) is 0 Å². The number of phenolic OH excluding ortho intramolecular Hbond substituents is 1. The Morgan fingerprint density at radius 3 is 2.57 bits per heavy atom. The van der Waals surface area contributed by atoms with Crippen LogP contribution in [0.25, 0.3) is 11.4 Å². The summed E-state index contributed by atoms with van der Waals surface area (Å²) in [6.07, 6.45) is 2.25. The van der Waals surface area contributed by atoms with Crippen LogP contribution in [-0.4, -0.2) is 56.6 Å². The molecule has 0 amide bonds. The van der Waals surface area contributed by atoms with Crippen LogP contribution in [0.15, 0.2) is 12.1 Å². The van der Waals surface area contributed by atoms with Crippen molar-refractivity contribution in [2.75, 3.05) is 25.5 Å².